The second kappa shape index (κ2) is 4.68. The monoisotopic (exact) mass is 220 g/mol. The molecule has 0 aromatic carbocycles. The van der Waals surface area contributed by atoms with Crippen LogP contribution in [-0.2, 0) is 0 Å². The minimum Gasteiger partial charge on any atom is -0.367 e. The van der Waals surface area contributed by atoms with Crippen LogP contribution in [0, 0.1) is 6.92 Å². The van der Waals surface area contributed by atoms with Crippen LogP contribution in [0.3, 0.4) is 0 Å². The van der Waals surface area contributed by atoms with Crippen LogP contribution in [0.4, 0.5) is 11.6 Å². The quantitative estimate of drug-likeness (QED) is 0.800. The summed E-state index contributed by atoms with van der Waals surface area (Å²) in [6.07, 6.45) is 3.61. The molecular formula is C12H20N4. The average Bonchev–Trinajstić information content (AvgIpc) is 3.00. The summed E-state index contributed by atoms with van der Waals surface area (Å²) in [4.78, 5) is 8.77. The number of hydrogen-bond donors (Lipinski definition) is 2. The predicted octanol–water partition coefficient (Wildman–Crippen LogP) is 2.57. The highest BCUT2D eigenvalue weighted by atomic mass is 15.1. The van der Waals surface area contributed by atoms with E-state index in [1.165, 1.54) is 12.8 Å². The van der Waals surface area contributed by atoms with Crippen molar-refractivity contribution in [2.45, 2.75) is 52.1 Å². The zero-order valence-corrected chi connectivity index (χ0v) is 10.2. The van der Waals surface area contributed by atoms with Gasteiger partial charge in [-0.1, -0.05) is 6.92 Å². The molecule has 1 aliphatic carbocycles. The van der Waals surface area contributed by atoms with Crippen molar-refractivity contribution < 1.29 is 0 Å². The van der Waals surface area contributed by atoms with Crippen LogP contribution < -0.4 is 10.6 Å². The molecule has 0 bridgehead atoms. The molecule has 2 N–H and O–H groups in total. The smallest absolute Gasteiger partial charge is 0.132 e. The fourth-order valence-electron chi connectivity index (χ4n) is 1.51. The van der Waals surface area contributed by atoms with Gasteiger partial charge in [0, 0.05) is 18.2 Å². The van der Waals surface area contributed by atoms with Crippen LogP contribution in [0.15, 0.2) is 6.07 Å². The van der Waals surface area contributed by atoms with Crippen molar-refractivity contribution in [2.24, 2.45) is 0 Å². The van der Waals surface area contributed by atoms with Gasteiger partial charge >= 0.3 is 0 Å². The van der Waals surface area contributed by atoms with Gasteiger partial charge in [0.15, 0.2) is 0 Å². The Morgan fingerprint density at radius 3 is 2.69 bits per heavy atom. The van der Waals surface area contributed by atoms with E-state index in [2.05, 4.69) is 34.4 Å². The minimum atomic E-state index is 0.447. The molecule has 2 rings (SSSR count). The van der Waals surface area contributed by atoms with Gasteiger partial charge in [0.25, 0.3) is 0 Å². The molecule has 1 aliphatic rings. The number of aromatic nitrogens is 2. The third-order valence-corrected chi connectivity index (χ3v) is 2.77. The Bertz CT molecular complexity index is 360. The second-order valence-corrected chi connectivity index (χ2v) is 4.56. The topological polar surface area (TPSA) is 49.8 Å². The van der Waals surface area contributed by atoms with Crippen LogP contribution >= 0.6 is 0 Å². The SMILES string of the molecule is CCC(C)Nc1cc(NC2CC2)nc(C)n1. The maximum absolute atomic E-state index is 4.39. The fraction of sp³-hybridized carbons (Fsp3) is 0.667. The first-order valence-electron chi connectivity index (χ1n) is 6.06. The van der Waals surface area contributed by atoms with Crippen molar-refractivity contribution in [2.75, 3.05) is 10.6 Å². The lowest BCUT2D eigenvalue weighted by atomic mass is 10.2. The van der Waals surface area contributed by atoms with E-state index in [0.29, 0.717) is 12.1 Å². The third-order valence-electron chi connectivity index (χ3n) is 2.77. The maximum Gasteiger partial charge on any atom is 0.132 e. The standard InChI is InChI=1S/C12H20N4/c1-4-8(2)13-11-7-12(15-9(3)14-11)16-10-5-6-10/h7-8,10H,4-6H2,1-3H3,(H2,13,14,15,16). The number of aryl methyl sites for hydroxylation is 1. The van der Waals surface area contributed by atoms with Gasteiger partial charge in [-0.05, 0) is 33.1 Å². The lowest BCUT2D eigenvalue weighted by Gasteiger charge is -2.13. The Labute approximate surface area is 96.9 Å². The summed E-state index contributed by atoms with van der Waals surface area (Å²) in [6, 6.07) is 3.08. The van der Waals surface area contributed by atoms with E-state index in [9.17, 15) is 0 Å². The minimum absolute atomic E-state index is 0.447. The van der Waals surface area contributed by atoms with Crippen molar-refractivity contribution in [1.29, 1.82) is 0 Å². The van der Waals surface area contributed by atoms with E-state index in [0.717, 1.165) is 23.9 Å². The van der Waals surface area contributed by atoms with Crippen LogP contribution in [0.25, 0.3) is 0 Å². The Morgan fingerprint density at radius 1 is 1.38 bits per heavy atom. The molecule has 1 heterocycles. The number of anilines is 2. The highest BCUT2D eigenvalue weighted by molar-refractivity contribution is 5.49. The van der Waals surface area contributed by atoms with Gasteiger partial charge in [0.05, 0.1) is 0 Å². The second-order valence-electron chi connectivity index (χ2n) is 4.56. The van der Waals surface area contributed by atoms with Gasteiger partial charge in [-0.2, -0.15) is 0 Å². The molecule has 0 radical (unpaired) electrons. The van der Waals surface area contributed by atoms with E-state index in [4.69, 9.17) is 0 Å². The number of rotatable bonds is 5. The lowest BCUT2D eigenvalue weighted by molar-refractivity contribution is 0.757. The summed E-state index contributed by atoms with van der Waals surface area (Å²) >= 11 is 0. The zero-order chi connectivity index (χ0) is 11.5. The molecule has 0 aliphatic heterocycles. The van der Waals surface area contributed by atoms with Gasteiger partial charge in [0.2, 0.25) is 0 Å². The first-order valence-corrected chi connectivity index (χ1v) is 6.06. The van der Waals surface area contributed by atoms with Gasteiger partial charge in [-0.15, -0.1) is 0 Å². The largest absolute Gasteiger partial charge is 0.367 e. The Balaban J connectivity index is 2.07. The van der Waals surface area contributed by atoms with E-state index in [-0.39, 0.29) is 0 Å². The van der Waals surface area contributed by atoms with Crippen molar-refractivity contribution >= 4 is 11.6 Å². The van der Waals surface area contributed by atoms with E-state index in [1.807, 2.05) is 13.0 Å². The van der Waals surface area contributed by atoms with E-state index >= 15 is 0 Å². The van der Waals surface area contributed by atoms with Crippen LogP contribution in [0.2, 0.25) is 0 Å². The van der Waals surface area contributed by atoms with Gasteiger partial charge in [-0.3, -0.25) is 0 Å². The normalized spacial score (nSPS) is 16.9. The molecule has 1 atom stereocenters. The Kier molecular flexibility index (Phi) is 3.27. The molecular weight excluding hydrogens is 200 g/mol. The number of nitrogens with one attached hydrogen (secondary N) is 2. The van der Waals surface area contributed by atoms with Crippen molar-refractivity contribution in [3.05, 3.63) is 11.9 Å². The molecule has 1 aromatic heterocycles. The van der Waals surface area contributed by atoms with Crippen molar-refractivity contribution in [3.63, 3.8) is 0 Å². The fourth-order valence-corrected chi connectivity index (χ4v) is 1.51. The summed E-state index contributed by atoms with van der Waals surface area (Å²) < 4.78 is 0. The zero-order valence-electron chi connectivity index (χ0n) is 10.2. The Hall–Kier alpha value is -1.32. The molecule has 88 valence electrons. The molecule has 0 spiro atoms. The summed E-state index contributed by atoms with van der Waals surface area (Å²) in [6.45, 7) is 6.25. The molecule has 1 aromatic rings. The van der Waals surface area contributed by atoms with Crippen molar-refractivity contribution in [3.8, 4) is 0 Å². The first-order chi connectivity index (χ1) is 7.67. The lowest BCUT2D eigenvalue weighted by Crippen LogP contribution is -2.15. The van der Waals surface area contributed by atoms with Gasteiger partial charge in [-0.25, -0.2) is 9.97 Å². The predicted molar refractivity (Wildman–Crippen MR) is 66.8 cm³/mol. The molecule has 1 unspecified atom stereocenters. The summed E-state index contributed by atoms with van der Waals surface area (Å²) in [5.74, 6) is 2.68. The highest BCUT2D eigenvalue weighted by Gasteiger charge is 2.21. The molecule has 1 fully saturated rings. The van der Waals surface area contributed by atoms with Crippen molar-refractivity contribution in [1.82, 2.24) is 9.97 Å². The van der Waals surface area contributed by atoms with Crippen LogP contribution in [0.1, 0.15) is 38.9 Å². The number of hydrogen-bond acceptors (Lipinski definition) is 4. The molecule has 0 amide bonds. The molecule has 0 saturated heterocycles. The molecule has 4 heteroatoms. The maximum atomic E-state index is 4.39. The van der Waals surface area contributed by atoms with E-state index < -0.39 is 0 Å². The summed E-state index contributed by atoms with van der Waals surface area (Å²) in [5.41, 5.74) is 0. The average molecular weight is 220 g/mol. The van der Waals surface area contributed by atoms with Gasteiger partial charge in [0.1, 0.15) is 17.5 Å². The van der Waals surface area contributed by atoms with Crippen LogP contribution in [0.5, 0.6) is 0 Å². The molecule has 4 nitrogen and oxygen atoms in total. The van der Waals surface area contributed by atoms with E-state index in [1.54, 1.807) is 0 Å². The molecule has 1 saturated carbocycles. The summed E-state index contributed by atoms with van der Waals surface area (Å²) in [5, 5.41) is 6.77. The first kappa shape index (κ1) is 11.2. The Morgan fingerprint density at radius 2 is 2.06 bits per heavy atom. The van der Waals surface area contributed by atoms with Crippen LogP contribution in [-0.4, -0.2) is 22.1 Å². The van der Waals surface area contributed by atoms with Gasteiger partial charge < -0.3 is 10.6 Å². The summed E-state index contributed by atoms with van der Waals surface area (Å²) in [7, 11) is 0. The highest BCUT2D eigenvalue weighted by Crippen LogP contribution is 2.24. The third kappa shape index (κ3) is 3.08. The molecule has 16 heavy (non-hydrogen) atoms. The number of nitrogens with zero attached hydrogens (tertiary/aromatic N) is 2.